The van der Waals surface area contributed by atoms with E-state index in [0.717, 1.165) is 25.7 Å². The first-order valence-corrected chi connectivity index (χ1v) is 10.2. The molecule has 142 valence electrons. The van der Waals surface area contributed by atoms with Crippen molar-refractivity contribution >= 4 is 11.8 Å². The van der Waals surface area contributed by atoms with E-state index in [4.69, 9.17) is 11.5 Å². The van der Waals surface area contributed by atoms with Crippen molar-refractivity contribution in [3.63, 3.8) is 0 Å². The molecule has 0 aliphatic rings. The van der Waals surface area contributed by atoms with E-state index in [0.29, 0.717) is 12.8 Å². The van der Waals surface area contributed by atoms with Gasteiger partial charge in [-0.2, -0.15) is 0 Å². The molecular formula is C20H40N2O2. The van der Waals surface area contributed by atoms with Crippen molar-refractivity contribution in [3.8, 4) is 0 Å². The highest BCUT2D eigenvalue weighted by atomic mass is 16.1. The number of unbranched alkanes of at least 4 members (excludes halogenated alkanes) is 15. The van der Waals surface area contributed by atoms with Crippen molar-refractivity contribution in [3.05, 3.63) is 0 Å². The lowest BCUT2D eigenvalue weighted by Gasteiger charge is -2.03. The normalized spacial score (nSPS) is 10.8. The highest BCUT2D eigenvalue weighted by Crippen LogP contribution is 2.14. The Balaban J connectivity index is 3.00. The molecule has 24 heavy (non-hydrogen) atoms. The van der Waals surface area contributed by atoms with E-state index >= 15 is 0 Å². The van der Waals surface area contributed by atoms with Crippen LogP contribution in [0.3, 0.4) is 0 Å². The summed E-state index contributed by atoms with van der Waals surface area (Å²) in [6.45, 7) is 0. The fourth-order valence-corrected chi connectivity index (χ4v) is 3.07. The Morgan fingerprint density at radius 3 is 0.708 bits per heavy atom. The minimum absolute atomic E-state index is 0.168. The second kappa shape index (κ2) is 18.3. The van der Waals surface area contributed by atoms with Crippen LogP contribution in [-0.2, 0) is 9.59 Å². The Labute approximate surface area is 149 Å². The second-order valence-corrected chi connectivity index (χ2v) is 7.09. The minimum Gasteiger partial charge on any atom is -0.370 e. The Bertz CT molecular complexity index is 276. The van der Waals surface area contributed by atoms with Gasteiger partial charge in [0.1, 0.15) is 0 Å². The van der Waals surface area contributed by atoms with Gasteiger partial charge >= 0.3 is 0 Å². The number of amides is 2. The molecule has 0 heterocycles. The average Bonchev–Trinajstić information content (AvgIpc) is 2.53. The second-order valence-electron chi connectivity index (χ2n) is 7.09. The molecule has 0 aromatic heterocycles. The van der Waals surface area contributed by atoms with E-state index in [2.05, 4.69) is 0 Å². The van der Waals surface area contributed by atoms with E-state index in [1.165, 1.54) is 77.0 Å². The first kappa shape index (κ1) is 22.9. The predicted molar refractivity (Wildman–Crippen MR) is 101 cm³/mol. The Hall–Kier alpha value is -1.06. The van der Waals surface area contributed by atoms with Gasteiger partial charge in [0.15, 0.2) is 0 Å². The van der Waals surface area contributed by atoms with Crippen LogP contribution in [-0.4, -0.2) is 11.8 Å². The maximum atomic E-state index is 10.6. The lowest BCUT2D eigenvalue weighted by atomic mass is 10.0. The zero-order chi connectivity index (χ0) is 17.9. The lowest BCUT2D eigenvalue weighted by molar-refractivity contribution is -0.119. The monoisotopic (exact) mass is 340 g/mol. The van der Waals surface area contributed by atoms with Crippen LogP contribution in [0.15, 0.2) is 0 Å². The Morgan fingerprint density at radius 2 is 0.542 bits per heavy atom. The van der Waals surface area contributed by atoms with E-state index in [9.17, 15) is 9.59 Å². The molecule has 0 saturated heterocycles. The number of primary amides is 2. The molecule has 0 bridgehead atoms. The number of rotatable bonds is 19. The molecule has 0 unspecified atom stereocenters. The summed E-state index contributed by atoms with van der Waals surface area (Å²) < 4.78 is 0. The molecule has 0 aromatic carbocycles. The van der Waals surface area contributed by atoms with Gasteiger partial charge in [-0.15, -0.1) is 0 Å². The number of nitrogens with two attached hydrogens (primary N) is 2. The molecule has 0 fully saturated rings. The van der Waals surface area contributed by atoms with Crippen molar-refractivity contribution in [2.45, 2.75) is 116 Å². The number of carbonyl (C=O) groups is 2. The molecule has 0 radical (unpaired) electrons. The van der Waals surface area contributed by atoms with Crippen LogP contribution in [0.2, 0.25) is 0 Å². The maximum Gasteiger partial charge on any atom is 0.217 e. The van der Waals surface area contributed by atoms with E-state index < -0.39 is 0 Å². The summed E-state index contributed by atoms with van der Waals surface area (Å²) in [5.41, 5.74) is 10.2. The summed E-state index contributed by atoms with van der Waals surface area (Å²) in [6, 6.07) is 0. The molecule has 4 nitrogen and oxygen atoms in total. The molecule has 4 heteroatoms. The van der Waals surface area contributed by atoms with Crippen LogP contribution in [0.5, 0.6) is 0 Å². The van der Waals surface area contributed by atoms with Crippen molar-refractivity contribution in [2.75, 3.05) is 0 Å². The summed E-state index contributed by atoms with van der Waals surface area (Å²) in [6.07, 6.45) is 21.3. The van der Waals surface area contributed by atoms with Crippen LogP contribution in [0.4, 0.5) is 0 Å². The van der Waals surface area contributed by atoms with Crippen LogP contribution < -0.4 is 11.5 Å². The van der Waals surface area contributed by atoms with Gasteiger partial charge in [-0.25, -0.2) is 0 Å². The van der Waals surface area contributed by atoms with Gasteiger partial charge in [0.05, 0.1) is 0 Å². The molecule has 0 aliphatic heterocycles. The lowest BCUT2D eigenvalue weighted by Crippen LogP contribution is -2.09. The fourth-order valence-electron chi connectivity index (χ4n) is 3.07. The smallest absolute Gasteiger partial charge is 0.217 e. The van der Waals surface area contributed by atoms with Crippen molar-refractivity contribution in [1.82, 2.24) is 0 Å². The van der Waals surface area contributed by atoms with Gasteiger partial charge in [0.2, 0.25) is 11.8 Å². The zero-order valence-corrected chi connectivity index (χ0v) is 15.7. The third-order valence-corrected chi connectivity index (χ3v) is 4.60. The molecule has 2 amide bonds. The summed E-state index contributed by atoms with van der Waals surface area (Å²) in [5, 5.41) is 0. The first-order valence-electron chi connectivity index (χ1n) is 10.2. The number of hydrogen-bond acceptors (Lipinski definition) is 2. The van der Waals surface area contributed by atoms with E-state index in [-0.39, 0.29) is 11.8 Å². The zero-order valence-electron chi connectivity index (χ0n) is 15.7. The van der Waals surface area contributed by atoms with Gasteiger partial charge in [-0.05, 0) is 12.8 Å². The Morgan fingerprint density at radius 1 is 0.375 bits per heavy atom. The fraction of sp³-hybridized carbons (Fsp3) is 0.900. The minimum atomic E-state index is -0.168. The van der Waals surface area contributed by atoms with Crippen LogP contribution >= 0.6 is 0 Å². The SMILES string of the molecule is NC(=O)CCCCCCCCCCCCCCCCCCC(N)=O. The highest BCUT2D eigenvalue weighted by molar-refractivity contribution is 5.73. The topological polar surface area (TPSA) is 86.2 Å². The van der Waals surface area contributed by atoms with Gasteiger partial charge < -0.3 is 11.5 Å². The highest BCUT2D eigenvalue weighted by Gasteiger charge is 1.97. The number of hydrogen-bond donors (Lipinski definition) is 2. The van der Waals surface area contributed by atoms with Crippen LogP contribution in [0.1, 0.15) is 116 Å². The molecule has 0 rings (SSSR count). The largest absolute Gasteiger partial charge is 0.370 e. The van der Waals surface area contributed by atoms with Gasteiger partial charge in [0.25, 0.3) is 0 Å². The standard InChI is InChI=1S/C20H40N2O2/c21-19(23)17-15-13-11-9-7-5-3-1-2-4-6-8-10-12-14-16-18-20(22)24/h1-18H2,(H2,21,23)(H2,22,24). The van der Waals surface area contributed by atoms with Crippen molar-refractivity contribution in [1.29, 1.82) is 0 Å². The molecule has 0 aromatic rings. The van der Waals surface area contributed by atoms with Crippen LogP contribution in [0, 0.1) is 0 Å². The Kier molecular flexibility index (Phi) is 17.5. The van der Waals surface area contributed by atoms with Crippen LogP contribution in [0.25, 0.3) is 0 Å². The van der Waals surface area contributed by atoms with E-state index in [1.807, 2.05) is 0 Å². The summed E-state index contributed by atoms with van der Waals surface area (Å²) >= 11 is 0. The summed E-state index contributed by atoms with van der Waals surface area (Å²) in [4.78, 5) is 21.2. The quantitative estimate of drug-likeness (QED) is 0.325. The molecular weight excluding hydrogens is 300 g/mol. The van der Waals surface area contributed by atoms with Gasteiger partial charge in [0, 0.05) is 12.8 Å². The molecule has 0 spiro atoms. The summed E-state index contributed by atoms with van der Waals surface area (Å²) in [7, 11) is 0. The maximum absolute atomic E-state index is 10.6. The van der Waals surface area contributed by atoms with Gasteiger partial charge in [-0.1, -0.05) is 89.9 Å². The van der Waals surface area contributed by atoms with Crippen molar-refractivity contribution in [2.24, 2.45) is 11.5 Å². The number of carbonyl (C=O) groups excluding carboxylic acids is 2. The molecule has 0 atom stereocenters. The predicted octanol–water partition coefficient (Wildman–Crippen LogP) is 4.98. The summed E-state index contributed by atoms with van der Waals surface area (Å²) in [5.74, 6) is -0.337. The third-order valence-electron chi connectivity index (χ3n) is 4.60. The molecule has 0 saturated carbocycles. The molecule has 0 aliphatic carbocycles. The van der Waals surface area contributed by atoms with Gasteiger partial charge in [-0.3, -0.25) is 9.59 Å². The van der Waals surface area contributed by atoms with E-state index in [1.54, 1.807) is 0 Å². The molecule has 4 N–H and O–H groups in total. The average molecular weight is 341 g/mol. The first-order chi connectivity index (χ1) is 11.6. The third kappa shape index (κ3) is 20.9. The van der Waals surface area contributed by atoms with Crippen molar-refractivity contribution < 1.29 is 9.59 Å².